The number of aliphatic carboxylic acids is 1. The maximum atomic E-state index is 12.8. The van der Waals surface area contributed by atoms with Gasteiger partial charge in [0.05, 0.1) is 12.7 Å². The number of aliphatic hydroxyl groups is 2. The lowest BCUT2D eigenvalue weighted by Gasteiger charge is -2.53. The molecule has 4 aliphatic rings. The van der Waals surface area contributed by atoms with Gasteiger partial charge in [-0.3, -0.25) is 9.69 Å². The summed E-state index contributed by atoms with van der Waals surface area (Å²) in [5.41, 5.74) is -0.740. The maximum absolute atomic E-state index is 12.8. The molecule has 2 aliphatic heterocycles. The first-order valence-corrected chi connectivity index (χ1v) is 11.5. The Morgan fingerprint density at radius 1 is 1.18 bits per heavy atom. The quantitative estimate of drug-likeness (QED) is 0.627. The number of piperidine rings is 1. The first-order valence-electron chi connectivity index (χ1n) is 11.5. The number of rotatable bonds is 5. The minimum atomic E-state index is -0.740. The fraction of sp³-hybridized carbons (Fsp3) is 0.870. The lowest BCUT2D eigenvalue weighted by molar-refractivity contribution is -0.166. The Kier molecular flexibility index (Phi) is 5.88. The summed E-state index contributed by atoms with van der Waals surface area (Å²) in [6.45, 7) is 2.24. The number of hydrogen-bond donors (Lipinski definition) is 3. The predicted octanol–water partition coefficient (Wildman–Crippen LogP) is 3.20. The molecule has 0 amide bonds. The zero-order valence-corrected chi connectivity index (χ0v) is 17.2. The number of carboxylic acid groups (broad SMARTS) is 1. The second-order valence-corrected chi connectivity index (χ2v) is 9.77. The van der Waals surface area contributed by atoms with E-state index in [2.05, 4.69) is 11.8 Å². The van der Waals surface area contributed by atoms with Gasteiger partial charge in [-0.2, -0.15) is 0 Å². The van der Waals surface area contributed by atoms with Crippen molar-refractivity contribution in [2.45, 2.75) is 94.9 Å². The highest BCUT2D eigenvalue weighted by Gasteiger charge is 2.63. The van der Waals surface area contributed by atoms with Crippen LogP contribution < -0.4 is 0 Å². The molecule has 0 aromatic carbocycles. The highest BCUT2D eigenvalue weighted by molar-refractivity contribution is 5.80. The van der Waals surface area contributed by atoms with E-state index < -0.39 is 17.6 Å². The van der Waals surface area contributed by atoms with Crippen molar-refractivity contribution in [3.63, 3.8) is 0 Å². The van der Waals surface area contributed by atoms with E-state index in [1.807, 2.05) is 6.08 Å². The monoisotopic (exact) mass is 391 g/mol. The van der Waals surface area contributed by atoms with Crippen molar-refractivity contribution in [2.75, 3.05) is 6.61 Å². The van der Waals surface area contributed by atoms with Crippen molar-refractivity contribution in [1.29, 1.82) is 0 Å². The molecule has 6 atom stereocenters. The van der Waals surface area contributed by atoms with Gasteiger partial charge in [-0.05, 0) is 62.7 Å². The van der Waals surface area contributed by atoms with Crippen LogP contribution in [0.4, 0.5) is 0 Å². The van der Waals surface area contributed by atoms with Crippen LogP contribution in [-0.2, 0) is 4.79 Å². The Hall–Kier alpha value is -0.910. The highest BCUT2D eigenvalue weighted by Crippen LogP contribution is 2.55. The summed E-state index contributed by atoms with van der Waals surface area (Å²) < 4.78 is 0. The van der Waals surface area contributed by atoms with E-state index in [4.69, 9.17) is 0 Å². The predicted molar refractivity (Wildman–Crippen MR) is 108 cm³/mol. The van der Waals surface area contributed by atoms with Crippen LogP contribution in [0.2, 0.25) is 0 Å². The summed E-state index contributed by atoms with van der Waals surface area (Å²) in [4.78, 5) is 15.2. The molecule has 0 aromatic heterocycles. The van der Waals surface area contributed by atoms with Gasteiger partial charge in [-0.1, -0.05) is 38.3 Å². The van der Waals surface area contributed by atoms with Crippen LogP contribution in [0, 0.1) is 23.7 Å². The lowest BCUT2D eigenvalue weighted by atomic mass is 9.66. The molecule has 28 heavy (non-hydrogen) atoms. The molecular formula is C23H37NO4. The maximum Gasteiger partial charge on any atom is 0.324 e. The van der Waals surface area contributed by atoms with Crippen molar-refractivity contribution < 1.29 is 20.1 Å². The van der Waals surface area contributed by atoms with E-state index in [-0.39, 0.29) is 24.5 Å². The zero-order valence-electron chi connectivity index (χ0n) is 17.2. The van der Waals surface area contributed by atoms with E-state index in [9.17, 15) is 20.1 Å². The average Bonchev–Trinajstić information content (AvgIpc) is 3.20. The number of hydrogen-bond acceptors (Lipinski definition) is 4. The van der Waals surface area contributed by atoms with Gasteiger partial charge in [-0.25, -0.2) is 0 Å². The van der Waals surface area contributed by atoms with Gasteiger partial charge in [0.25, 0.3) is 0 Å². The Balaban J connectivity index is 1.64. The summed E-state index contributed by atoms with van der Waals surface area (Å²) in [5.74, 6) is 0.728. The van der Waals surface area contributed by atoms with Crippen LogP contribution in [0.1, 0.15) is 71.1 Å². The fourth-order valence-electron chi connectivity index (χ4n) is 7.41. The van der Waals surface area contributed by atoms with Gasteiger partial charge in [0.1, 0.15) is 5.54 Å². The third kappa shape index (κ3) is 3.14. The molecule has 0 aromatic rings. The van der Waals surface area contributed by atoms with Crippen molar-refractivity contribution in [2.24, 2.45) is 23.7 Å². The fourth-order valence-corrected chi connectivity index (χ4v) is 7.41. The largest absolute Gasteiger partial charge is 0.480 e. The molecule has 0 spiro atoms. The normalized spacial score (nSPS) is 46.6. The summed E-state index contributed by atoms with van der Waals surface area (Å²) in [5, 5.41) is 30.4. The molecule has 2 aliphatic carbocycles. The number of aliphatic hydroxyl groups excluding tert-OH is 2. The number of carboxylic acids is 1. The molecule has 3 N–H and O–H groups in total. The van der Waals surface area contributed by atoms with Gasteiger partial charge >= 0.3 is 5.97 Å². The molecule has 5 nitrogen and oxygen atoms in total. The van der Waals surface area contributed by atoms with E-state index >= 15 is 0 Å². The molecule has 2 saturated heterocycles. The van der Waals surface area contributed by atoms with Gasteiger partial charge in [0.2, 0.25) is 0 Å². The van der Waals surface area contributed by atoms with Gasteiger partial charge < -0.3 is 15.3 Å². The van der Waals surface area contributed by atoms with Gasteiger partial charge in [-0.15, -0.1) is 0 Å². The Morgan fingerprint density at radius 2 is 1.93 bits per heavy atom. The van der Waals surface area contributed by atoms with Gasteiger partial charge in [0.15, 0.2) is 0 Å². The molecule has 0 radical (unpaired) electrons. The van der Waals surface area contributed by atoms with Crippen LogP contribution in [0.15, 0.2) is 12.2 Å². The SMILES string of the molecule is CCC1CCC(C2(C(=O)O)CCCC3C[C@@H]4[C@@H](C=CCO)[C@H](O)C[C@H]4N32)CC1. The molecule has 0 bridgehead atoms. The van der Waals surface area contributed by atoms with Crippen molar-refractivity contribution in [1.82, 2.24) is 4.90 Å². The second-order valence-electron chi connectivity index (χ2n) is 9.77. The molecule has 2 heterocycles. The molecule has 2 saturated carbocycles. The topological polar surface area (TPSA) is 81.0 Å². The summed E-state index contributed by atoms with van der Waals surface area (Å²) in [6.07, 6.45) is 13.4. The second kappa shape index (κ2) is 8.08. The molecule has 158 valence electrons. The van der Waals surface area contributed by atoms with E-state index in [0.29, 0.717) is 18.4 Å². The van der Waals surface area contributed by atoms with E-state index in [0.717, 1.165) is 57.3 Å². The van der Waals surface area contributed by atoms with Crippen LogP contribution in [0.25, 0.3) is 0 Å². The zero-order chi connectivity index (χ0) is 19.9. The van der Waals surface area contributed by atoms with Crippen LogP contribution in [0.3, 0.4) is 0 Å². The number of nitrogens with zero attached hydrogens (tertiary/aromatic N) is 1. The van der Waals surface area contributed by atoms with Gasteiger partial charge in [0, 0.05) is 18.0 Å². The molecule has 5 heteroatoms. The minimum absolute atomic E-state index is 0.00647. The standard InChI is InChI=1S/C23H37NO4/c1-2-15-7-9-16(10-8-15)23(22(27)28)11-3-5-17-13-19-18(6-4-12-25)21(26)14-20(19)24(17)23/h4,6,15-21,25-26H,2-3,5,7-14H2,1H3,(H,27,28)/t15?,16?,17?,18-,19-,20-,21-,23?/m1/s1. The smallest absolute Gasteiger partial charge is 0.324 e. The Labute approximate surface area is 168 Å². The average molecular weight is 392 g/mol. The molecule has 2 unspecified atom stereocenters. The molecule has 4 rings (SSSR count). The van der Waals surface area contributed by atoms with Crippen molar-refractivity contribution in [3.05, 3.63) is 12.2 Å². The van der Waals surface area contributed by atoms with Crippen molar-refractivity contribution in [3.8, 4) is 0 Å². The summed E-state index contributed by atoms with van der Waals surface area (Å²) in [7, 11) is 0. The van der Waals surface area contributed by atoms with Crippen LogP contribution >= 0.6 is 0 Å². The Bertz CT molecular complexity index is 599. The van der Waals surface area contributed by atoms with E-state index in [1.165, 1.54) is 6.42 Å². The van der Waals surface area contributed by atoms with Crippen LogP contribution in [0.5, 0.6) is 0 Å². The summed E-state index contributed by atoms with van der Waals surface area (Å²) in [6, 6.07) is 0.495. The Morgan fingerprint density at radius 3 is 2.57 bits per heavy atom. The highest BCUT2D eigenvalue weighted by atomic mass is 16.4. The first-order chi connectivity index (χ1) is 13.5. The van der Waals surface area contributed by atoms with Crippen LogP contribution in [-0.4, -0.2) is 56.5 Å². The number of fused-ring (bicyclic) bond motifs is 3. The first kappa shape index (κ1) is 20.4. The minimum Gasteiger partial charge on any atom is -0.480 e. The lowest BCUT2D eigenvalue weighted by Crippen LogP contribution is -2.65. The van der Waals surface area contributed by atoms with Crippen molar-refractivity contribution >= 4 is 5.97 Å². The summed E-state index contributed by atoms with van der Waals surface area (Å²) >= 11 is 0. The third-order valence-corrected chi connectivity index (χ3v) is 8.70. The third-order valence-electron chi connectivity index (χ3n) is 8.70. The molecular weight excluding hydrogens is 354 g/mol. The van der Waals surface area contributed by atoms with E-state index in [1.54, 1.807) is 6.08 Å². The molecule has 4 fully saturated rings. The number of carbonyl (C=O) groups is 1.